The molecule has 108 valence electrons. The van der Waals surface area contributed by atoms with E-state index in [-0.39, 0.29) is 0 Å². The van der Waals surface area contributed by atoms with Crippen molar-refractivity contribution in [2.24, 2.45) is 5.41 Å². The standard InChI is InChI=1S/C13H27O4P/c1-7-18(8-2,9-3,10-4)17-12(16)13(5,6)11(14)15/h7-10H2,1-6H3,(H,14,15). The Kier molecular flexibility index (Phi) is 5.37. The number of carboxylic acid groups (broad SMARTS) is 1. The van der Waals surface area contributed by atoms with Crippen molar-refractivity contribution in [3.63, 3.8) is 0 Å². The molecule has 0 spiro atoms. The van der Waals surface area contributed by atoms with Crippen LogP contribution in [0.15, 0.2) is 0 Å². The van der Waals surface area contributed by atoms with Gasteiger partial charge in [-0.25, -0.2) is 0 Å². The van der Waals surface area contributed by atoms with Crippen LogP contribution >= 0.6 is 6.83 Å². The molecule has 0 fully saturated rings. The maximum absolute atomic E-state index is 12.2. The number of carboxylic acids is 1. The van der Waals surface area contributed by atoms with E-state index in [0.717, 1.165) is 24.6 Å². The van der Waals surface area contributed by atoms with E-state index in [2.05, 4.69) is 0 Å². The second-order valence-corrected chi connectivity index (χ2v) is 11.9. The van der Waals surface area contributed by atoms with Gasteiger partial charge in [-0.15, -0.1) is 0 Å². The molecule has 0 aromatic rings. The van der Waals surface area contributed by atoms with Crippen molar-refractivity contribution in [2.75, 3.05) is 24.6 Å². The summed E-state index contributed by atoms with van der Waals surface area (Å²) in [6, 6.07) is 0. The molecule has 0 radical (unpaired) electrons. The summed E-state index contributed by atoms with van der Waals surface area (Å²) in [5.74, 6) is -1.73. The molecule has 0 aliphatic rings. The molecule has 0 rings (SSSR count). The Labute approximate surface area is 110 Å². The molecule has 0 aliphatic carbocycles. The van der Waals surface area contributed by atoms with E-state index in [4.69, 9.17) is 9.63 Å². The summed E-state index contributed by atoms with van der Waals surface area (Å²) < 4.78 is 5.86. The molecule has 0 saturated carbocycles. The molecule has 0 aliphatic heterocycles. The first-order valence-corrected chi connectivity index (χ1v) is 9.51. The normalized spacial score (nSPS) is 14.7. The van der Waals surface area contributed by atoms with Gasteiger partial charge in [-0.2, -0.15) is 0 Å². The third kappa shape index (κ3) is 2.85. The zero-order chi connectivity index (χ0) is 14.6. The van der Waals surface area contributed by atoms with Gasteiger partial charge in [-0.1, -0.05) is 0 Å². The van der Waals surface area contributed by atoms with Crippen molar-refractivity contribution in [3.05, 3.63) is 0 Å². The Balaban J connectivity index is 5.39. The van der Waals surface area contributed by atoms with Gasteiger partial charge in [0, 0.05) is 0 Å². The topological polar surface area (TPSA) is 63.6 Å². The van der Waals surface area contributed by atoms with Crippen LogP contribution in [0.2, 0.25) is 0 Å². The van der Waals surface area contributed by atoms with Gasteiger partial charge in [0.1, 0.15) is 0 Å². The molecule has 0 aromatic carbocycles. The zero-order valence-corrected chi connectivity index (χ0v) is 13.3. The van der Waals surface area contributed by atoms with Gasteiger partial charge in [0.25, 0.3) is 0 Å². The fourth-order valence-electron chi connectivity index (χ4n) is 2.04. The minimum absolute atomic E-state index is 0.597. The van der Waals surface area contributed by atoms with Gasteiger partial charge in [0.2, 0.25) is 0 Å². The minimum atomic E-state index is -2.55. The molecular weight excluding hydrogens is 251 g/mol. The van der Waals surface area contributed by atoms with Crippen LogP contribution in [0.25, 0.3) is 0 Å². The fourth-order valence-corrected chi connectivity index (χ4v) is 5.93. The molecule has 0 unspecified atom stereocenters. The fraction of sp³-hybridized carbons (Fsp3) is 0.846. The van der Waals surface area contributed by atoms with E-state index < -0.39 is 24.2 Å². The van der Waals surface area contributed by atoms with Gasteiger partial charge < -0.3 is 0 Å². The summed E-state index contributed by atoms with van der Waals surface area (Å²) in [7, 11) is 0. The molecule has 0 bridgehead atoms. The molecule has 0 heterocycles. The van der Waals surface area contributed by atoms with E-state index in [1.807, 2.05) is 27.7 Å². The average Bonchev–Trinajstić information content (AvgIpc) is 2.36. The van der Waals surface area contributed by atoms with Crippen molar-refractivity contribution in [1.29, 1.82) is 0 Å². The van der Waals surface area contributed by atoms with E-state index in [0.29, 0.717) is 0 Å². The van der Waals surface area contributed by atoms with Crippen molar-refractivity contribution >= 4 is 18.8 Å². The number of hydrogen-bond donors (Lipinski definition) is 1. The van der Waals surface area contributed by atoms with Crippen molar-refractivity contribution < 1.29 is 19.2 Å². The van der Waals surface area contributed by atoms with Gasteiger partial charge in [0.15, 0.2) is 0 Å². The molecule has 0 atom stereocenters. The van der Waals surface area contributed by atoms with Crippen molar-refractivity contribution in [3.8, 4) is 0 Å². The molecule has 0 saturated heterocycles. The zero-order valence-electron chi connectivity index (χ0n) is 12.4. The second kappa shape index (κ2) is 5.56. The average molecular weight is 278 g/mol. The van der Waals surface area contributed by atoms with Crippen molar-refractivity contribution in [2.45, 2.75) is 41.5 Å². The summed E-state index contributed by atoms with van der Waals surface area (Å²) in [4.78, 5) is 23.3. The summed E-state index contributed by atoms with van der Waals surface area (Å²) in [6.07, 6.45) is 3.26. The van der Waals surface area contributed by atoms with Gasteiger partial charge >= 0.3 is 110 Å². The van der Waals surface area contributed by atoms with E-state index >= 15 is 0 Å². The van der Waals surface area contributed by atoms with Crippen LogP contribution in [0.4, 0.5) is 0 Å². The van der Waals surface area contributed by atoms with Crippen LogP contribution in [0, 0.1) is 5.41 Å². The molecule has 1 N–H and O–H groups in total. The van der Waals surface area contributed by atoms with E-state index in [9.17, 15) is 9.59 Å². The molecular formula is C13H27O4P. The SMILES string of the molecule is CCP(CC)(CC)(CC)OC(=O)C(C)(C)C(=O)O. The molecule has 5 heteroatoms. The Morgan fingerprint density at radius 3 is 1.56 bits per heavy atom. The molecule has 18 heavy (non-hydrogen) atoms. The van der Waals surface area contributed by atoms with Crippen molar-refractivity contribution in [1.82, 2.24) is 0 Å². The second-order valence-electron chi connectivity index (χ2n) is 5.43. The van der Waals surface area contributed by atoms with Crippen LogP contribution in [-0.4, -0.2) is 41.7 Å². The van der Waals surface area contributed by atoms with Crippen LogP contribution in [0.5, 0.6) is 0 Å². The summed E-state index contributed by atoms with van der Waals surface area (Å²) >= 11 is 0. The first-order valence-electron chi connectivity index (χ1n) is 6.61. The van der Waals surface area contributed by atoms with E-state index in [1.165, 1.54) is 13.8 Å². The predicted molar refractivity (Wildman–Crippen MR) is 76.6 cm³/mol. The molecule has 0 aromatic heterocycles. The third-order valence-electron chi connectivity index (χ3n) is 4.59. The van der Waals surface area contributed by atoms with Gasteiger partial charge in [-0.05, 0) is 0 Å². The third-order valence-corrected chi connectivity index (χ3v) is 11.7. The number of rotatable bonds is 7. The van der Waals surface area contributed by atoms with Crippen LogP contribution in [-0.2, 0) is 14.1 Å². The maximum atomic E-state index is 12.2. The summed E-state index contributed by atoms with van der Waals surface area (Å²) in [5.41, 5.74) is -1.47. The molecule has 4 nitrogen and oxygen atoms in total. The Morgan fingerprint density at radius 1 is 1.00 bits per heavy atom. The number of aliphatic carboxylic acids is 1. The Hall–Kier alpha value is -0.630. The number of carbonyl (C=O) groups excluding carboxylic acids is 1. The van der Waals surface area contributed by atoms with Crippen LogP contribution in [0.1, 0.15) is 41.5 Å². The van der Waals surface area contributed by atoms with E-state index in [1.54, 1.807) is 0 Å². The van der Waals surface area contributed by atoms with Crippen LogP contribution < -0.4 is 0 Å². The number of hydrogen-bond acceptors (Lipinski definition) is 3. The summed E-state index contributed by atoms with van der Waals surface area (Å²) in [5, 5.41) is 9.10. The molecule has 0 amide bonds. The Morgan fingerprint density at radius 2 is 1.33 bits per heavy atom. The quantitative estimate of drug-likeness (QED) is 0.574. The first kappa shape index (κ1) is 17.4. The van der Waals surface area contributed by atoms with Gasteiger partial charge in [0.05, 0.1) is 0 Å². The number of carbonyl (C=O) groups is 2. The summed E-state index contributed by atoms with van der Waals surface area (Å²) in [6.45, 7) is 8.40. The Bertz CT molecular complexity index is 308. The van der Waals surface area contributed by atoms with Gasteiger partial charge in [-0.3, -0.25) is 0 Å². The van der Waals surface area contributed by atoms with Crippen LogP contribution in [0.3, 0.4) is 0 Å². The monoisotopic (exact) mass is 278 g/mol. The first-order chi connectivity index (χ1) is 8.13. The predicted octanol–water partition coefficient (Wildman–Crippen LogP) is 3.19.